The van der Waals surface area contributed by atoms with Gasteiger partial charge in [0, 0.05) is 60.8 Å². The van der Waals surface area contributed by atoms with E-state index in [0.29, 0.717) is 36.0 Å². The van der Waals surface area contributed by atoms with E-state index in [0.717, 1.165) is 82.0 Å². The molecule has 0 unspecified atom stereocenters. The van der Waals surface area contributed by atoms with Crippen LogP contribution in [0.2, 0.25) is 0 Å². The van der Waals surface area contributed by atoms with Crippen molar-refractivity contribution >= 4 is 39.6 Å². The first-order valence-corrected chi connectivity index (χ1v) is 16.4. The number of carbonyl (C=O) groups is 2. The summed E-state index contributed by atoms with van der Waals surface area (Å²) in [6.45, 7) is 1.58. The van der Waals surface area contributed by atoms with Gasteiger partial charge in [0.2, 0.25) is 5.91 Å². The van der Waals surface area contributed by atoms with E-state index in [1.807, 2.05) is 36.2 Å². The lowest BCUT2D eigenvalue weighted by Gasteiger charge is -2.27. The number of aromatic nitrogens is 4. The number of ether oxygens (including phenoxy) is 1. The number of aryl methyl sites for hydroxylation is 1. The molecule has 0 spiro atoms. The Kier molecular flexibility index (Phi) is 6.09. The van der Waals surface area contributed by atoms with Crippen molar-refractivity contribution in [3.05, 3.63) is 59.7 Å². The Bertz CT molecular complexity index is 2090. The average molecular weight is 616 g/mol. The first kappa shape index (κ1) is 27.6. The number of rotatable bonds is 6. The maximum absolute atomic E-state index is 13.8. The van der Waals surface area contributed by atoms with Crippen molar-refractivity contribution < 1.29 is 14.3 Å². The summed E-state index contributed by atoms with van der Waals surface area (Å²) in [6.07, 6.45) is 5.64. The summed E-state index contributed by atoms with van der Waals surface area (Å²) in [5.41, 5.74) is 14.5. The molecule has 5 aromatic rings. The Balaban J connectivity index is 1.15. The van der Waals surface area contributed by atoms with Crippen LogP contribution < -0.4 is 15.8 Å². The molecule has 9 rings (SSSR count). The van der Waals surface area contributed by atoms with Gasteiger partial charge in [0.15, 0.2) is 5.82 Å². The summed E-state index contributed by atoms with van der Waals surface area (Å²) in [4.78, 5) is 38.2. The molecule has 3 N–H and O–H groups in total. The molecule has 2 saturated carbocycles. The molecule has 5 heterocycles. The van der Waals surface area contributed by atoms with Gasteiger partial charge in [-0.25, -0.2) is 9.97 Å². The molecule has 2 amide bonds. The van der Waals surface area contributed by atoms with Gasteiger partial charge in [0.1, 0.15) is 16.9 Å². The molecule has 3 atom stereocenters. The van der Waals surface area contributed by atoms with Crippen LogP contribution in [0.1, 0.15) is 48.0 Å². The number of nitrogens with two attached hydrogens (primary N) is 1. The van der Waals surface area contributed by atoms with Crippen LogP contribution in [0.5, 0.6) is 5.75 Å². The molecule has 46 heavy (non-hydrogen) atoms. The number of imidazole rings is 1. The minimum atomic E-state index is -0.00250. The van der Waals surface area contributed by atoms with Gasteiger partial charge < -0.3 is 29.8 Å². The van der Waals surface area contributed by atoms with Crippen LogP contribution in [0.3, 0.4) is 0 Å². The molecular weight excluding hydrogens is 578 g/mol. The number of fused-ring (bicyclic) bond motifs is 5. The number of hydrogen-bond acceptors (Lipinski definition) is 6. The highest BCUT2D eigenvalue weighted by Gasteiger charge is 2.47. The van der Waals surface area contributed by atoms with Crippen molar-refractivity contribution in [1.82, 2.24) is 24.0 Å². The van der Waals surface area contributed by atoms with E-state index >= 15 is 0 Å². The summed E-state index contributed by atoms with van der Waals surface area (Å²) in [7, 11) is 3.66. The standard InChI is InChI=1S/C36H37N7O3/c1-41-33-27(14-22(16-30(33)46-2)36(45)43-18-21-9-12-28(43)32(21)37)40-35(41)29-15-20-8-11-26(39-34(20)42(29)17-19-6-7-19)23-4-3-5-25-24(23)10-13-31(44)38-25/h3-5,8,11,14-16,19,21,28,32H,6-7,9-10,12-13,17-18,37H2,1-2H3,(H,38,44)/t21-,28-,32-/m1/s1. The lowest BCUT2D eigenvalue weighted by Crippen LogP contribution is -2.41. The van der Waals surface area contributed by atoms with Gasteiger partial charge in [-0.3, -0.25) is 9.59 Å². The predicted octanol–water partition coefficient (Wildman–Crippen LogP) is 5.12. The second-order valence-corrected chi connectivity index (χ2v) is 13.6. The van der Waals surface area contributed by atoms with E-state index in [1.165, 1.54) is 12.8 Å². The van der Waals surface area contributed by atoms with Gasteiger partial charge in [-0.05, 0) is 85.9 Å². The minimum absolute atomic E-state index is 0.00250. The fourth-order valence-corrected chi connectivity index (χ4v) is 8.14. The summed E-state index contributed by atoms with van der Waals surface area (Å²) in [6, 6.07) is 16.4. The highest BCUT2D eigenvalue weighted by atomic mass is 16.5. The number of amides is 2. The fraction of sp³-hybridized carbons (Fsp3) is 0.389. The van der Waals surface area contributed by atoms with E-state index in [4.69, 9.17) is 20.4 Å². The molecule has 2 bridgehead atoms. The van der Waals surface area contributed by atoms with Crippen molar-refractivity contribution in [3.63, 3.8) is 0 Å². The quantitative estimate of drug-likeness (QED) is 0.274. The van der Waals surface area contributed by atoms with E-state index in [2.05, 4.69) is 38.7 Å². The van der Waals surface area contributed by atoms with Crippen molar-refractivity contribution in [2.24, 2.45) is 24.6 Å². The molecule has 234 valence electrons. The predicted molar refractivity (Wildman–Crippen MR) is 177 cm³/mol. The zero-order chi connectivity index (χ0) is 31.3. The second-order valence-electron chi connectivity index (χ2n) is 13.6. The second kappa shape index (κ2) is 10.2. The van der Waals surface area contributed by atoms with Crippen LogP contribution in [-0.4, -0.2) is 61.6 Å². The molecular formula is C36H37N7O3. The average Bonchev–Trinajstić information content (AvgIpc) is 3.47. The van der Waals surface area contributed by atoms with Gasteiger partial charge in [-0.15, -0.1) is 0 Å². The zero-order valence-corrected chi connectivity index (χ0v) is 26.1. The van der Waals surface area contributed by atoms with Gasteiger partial charge in [-0.2, -0.15) is 0 Å². The third-order valence-corrected chi connectivity index (χ3v) is 10.8. The topological polar surface area (TPSA) is 120 Å². The Labute approximate surface area is 266 Å². The highest BCUT2D eigenvalue weighted by Crippen LogP contribution is 2.41. The molecule has 10 heteroatoms. The molecule has 2 aliphatic heterocycles. The van der Waals surface area contributed by atoms with Gasteiger partial charge in [-0.1, -0.05) is 12.1 Å². The van der Waals surface area contributed by atoms with Crippen molar-refractivity contribution in [1.29, 1.82) is 0 Å². The Hall–Kier alpha value is -4.70. The fourth-order valence-electron chi connectivity index (χ4n) is 8.14. The number of pyridine rings is 1. The number of nitrogens with zero attached hydrogens (tertiary/aromatic N) is 5. The third kappa shape index (κ3) is 4.19. The van der Waals surface area contributed by atoms with Crippen LogP contribution >= 0.6 is 0 Å². The van der Waals surface area contributed by atoms with Gasteiger partial charge >= 0.3 is 0 Å². The molecule has 0 radical (unpaired) electrons. The largest absolute Gasteiger partial charge is 0.494 e. The minimum Gasteiger partial charge on any atom is -0.494 e. The molecule has 10 nitrogen and oxygen atoms in total. The number of benzene rings is 2. The first-order chi connectivity index (χ1) is 22.4. The maximum Gasteiger partial charge on any atom is 0.254 e. The van der Waals surface area contributed by atoms with E-state index in [9.17, 15) is 9.59 Å². The number of piperidine rings is 1. The van der Waals surface area contributed by atoms with Crippen molar-refractivity contribution in [2.75, 3.05) is 19.0 Å². The number of methoxy groups -OCH3 is 1. The van der Waals surface area contributed by atoms with Crippen LogP contribution in [-0.2, 0) is 24.8 Å². The normalized spacial score (nSPS) is 22.1. The van der Waals surface area contributed by atoms with E-state index in [1.54, 1.807) is 7.11 Å². The Morgan fingerprint density at radius 3 is 2.70 bits per heavy atom. The summed E-state index contributed by atoms with van der Waals surface area (Å²) < 4.78 is 10.3. The highest BCUT2D eigenvalue weighted by molar-refractivity contribution is 6.01. The van der Waals surface area contributed by atoms with Crippen molar-refractivity contribution in [3.8, 4) is 28.5 Å². The molecule has 1 saturated heterocycles. The summed E-state index contributed by atoms with van der Waals surface area (Å²) >= 11 is 0. The van der Waals surface area contributed by atoms with Crippen molar-refractivity contribution in [2.45, 2.75) is 57.2 Å². The number of anilines is 1. The van der Waals surface area contributed by atoms with Crippen LogP contribution in [0.25, 0.3) is 44.8 Å². The SMILES string of the molecule is COc1cc(C(=O)N2C[C@H]3CC[C@@H]2[C@@H]3N)cc2nc(-c3cc4ccc(-c5cccc6c5CCC(=O)N6)nc4n3CC3CC3)n(C)c12. The summed E-state index contributed by atoms with van der Waals surface area (Å²) in [5.74, 6) is 2.48. The van der Waals surface area contributed by atoms with Crippen LogP contribution in [0.4, 0.5) is 5.69 Å². The zero-order valence-electron chi connectivity index (χ0n) is 26.1. The monoisotopic (exact) mass is 615 g/mol. The Morgan fingerprint density at radius 1 is 1.07 bits per heavy atom. The molecule has 4 aliphatic rings. The Morgan fingerprint density at radius 2 is 1.93 bits per heavy atom. The van der Waals surface area contributed by atoms with E-state index < -0.39 is 0 Å². The lowest BCUT2D eigenvalue weighted by atomic mass is 9.95. The van der Waals surface area contributed by atoms with Gasteiger partial charge in [0.05, 0.1) is 24.0 Å². The lowest BCUT2D eigenvalue weighted by molar-refractivity contribution is -0.116. The first-order valence-electron chi connectivity index (χ1n) is 16.4. The van der Waals surface area contributed by atoms with Crippen LogP contribution in [0, 0.1) is 11.8 Å². The maximum atomic E-state index is 13.8. The van der Waals surface area contributed by atoms with Crippen LogP contribution in [0.15, 0.2) is 48.5 Å². The molecule has 3 aromatic heterocycles. The molecule has 3 fully saturated rings. The number of hydrogen-bond donors (Lipinski definition) is 2. The smallest absolute Gasteiger partial charge is 0.254 e. The number of likely N-dealkylation sites (tertiary alicyclic amines) is 1. The third-order valence-electron chi connectivity index (χ3n) is 10.8. The molecule has 2 aromatic carbocycles. The number of nitrogens with one attached hydrogen (secondary N) is 1. The molecule has 2 aliphatic carbocycles. The van der Waals surface area contributed by atoms with Gasteiger partial charge in [0.25, 0.3) is 5.91 Å². The summed E-state index contributed by atoms with van der Waals surface area (Å²) in [5, 5.41) is 4.07. The van der Waals surface area contributed by atoms with E-state index in [-0.39, 0.29) is 23.9 Å². The number of carbonyl (C=O) groups excluding carboxylic acids is 2.